The Balaban J connectivity index is 1.90. The molecule has 2 N–H and O–H groups in total. The Hall–Kier alpha value is -4.25. The summed E-state index contributed by atoms with van der Waals surface area (Å²) in [6.07, 6.45) is 0.117. The van der Waals surface area contributed by atoms with Crippen LogP contribution in [0.2, 0.25) is 0 Å². The summed E-state index contributed by atoms with van der Waals surface area (Å²) >= 11 is 0. The van der Waals surface area contributed by atoms with Gasteiger partial charge in [0, 0.05) is 25.6 Å². The molecule has 0 saturated heterocycles. The van der Waals surface area contributed by atoms with Crippen LogP contribution in [-0.4, -0.2) is 54.8 Å². The number of hydrogen-bond donors (Lipinski definition) is 2. The second-order valence-corrected chi connectivity index (χ2v) is 10.0. The van der Waals surface area contributed by atoms with Gasteiger partial charge in [-0.2, -0.15) is 0 Å². The molecule has 0 aliphatic rings. The number of nitrogens with one attached hydrogen (secondary N) is 2. The second-order valence-electron chi connectivity index (χ2n) is 8.37. The smallest absolute Gasteiger partial charge is 0.329 e. The number of likely N-dealkylation sites (N-methyl/N-ethyl adjacent to an activating group) is 1. The highest BCUT2D eigenvalue weighted by atomic mass is 32.2. The molecule has 0 aromatic heterocycles. The standard InChI is InChI=1S/C27H31N3O7S/c1-18-11-9-10-14-24(18)38(33,34)29-27(32)28-21(15-19-12-7-6-8-13-19)26(31)30(2)20-16-22(35-3)25(37-5)23(17-20)36-4/h6-14,16-17,21H,15H2,1-5H3,(H2,28,29,32)/t21-/m0/s1. The number of anilines is 1. The van der Waals surface area contributed by atoms with Crippen molar-refractivity contribution >= 4 is 27.6 Å². The summed E-state index contributed by atoms with van der Waals surface area (Å²) in [6, 6.07) is 16.4. The highest BCUT2D eigenvalue weighted by Crippen LogP contribution is 2.41. The molecule has 0 spiro atoms. The number of urea groups is 1. The Morgan fingerprint density at radius 2 is 1.47 bits per heavy atom. The number of amides is 3. The monoisotopic (exact) mass is 541 g/mol. The lowest BCUT2D eigenvalue weighted by molar-refractivity contribution is -0.120. The van der Waals surface area contributed by atoms with Crippen LogP contribution in [0.1, 0.15) is 11.1 Å². The van der Waals surface area contributed by atoms with Crippen LogP contribution in [0.4, 0.5) is 10.5 Å². The zero-order chi connectivity index (χ0) is 27.9. The van der Waals surface area contributed by atoms with E-state index < -0.39 is 28.0 Å². The molecule has 0 heterocycles. The van der Waals surface area contributed by atoms with Crippen molar-refractivity contribution in [2.75, 3.05) is 33.3 Å². The van der Waals surface area contributed by atoms with Crippen molar-refractivity contribution in [2.24, 2.45) is 0 Å². The number of carbonyl (C=O) groups is 2. The second kappa shape index (κ2) is 12.3. The van der Waals surface area contributed by atoms with Gasteiger partial charge in [-0.25, -0.2) is 17.9 Å². The van der Waals surface area contributed by atoms with Crippen LogP contribution in [0.15, 0.2) is 71.6 Å². The third kappa shape index (κ3) is 6.54. The maximum Gasteiger partial charge on any atom is 0.329 e. The molecule has 11 heteroatoms. The molecule has 3 rings (SSSR count). The van der Waals surface area contributed by atoms with Gasteiger partial charge in [-0.15, -0.1) is 0 Å². The molecule has 0 aliphatic carbocycles. The molecular formula is C27H31N3O7S. The van der Waals surface area contributed by atoms with Crippen LogP contribution in [0.5, 0.6) is 17.2 Å². The minimum atomic E-state index is -4.17. The van der Waals surface area contributed by atoms with E-state index in [4.69, 9.17) is 14.2 Å². The maximum atomic E-state index is 13.6. The van der Waals surface area contributed by atoms with E-state index in [1.54, 1.807) is 37.3 Å². The SMILES string of the molecule is COc1cc(N(C)C(=O)[C@H](Cc2ccccc2)NC(=O)NS(=O)(=O)c2ccccc2C)cc(OC)c1OC. The fourth-order valence-corrected chi connectivity index (χ4v) is 5.06. The van der Waals surface area contributed by atoms with Gasteiger partial charge < -0.3 is 24.4 Å². The lowest BCUT2D eigenvalue weighted by Crippen LogP contribution is -2.52. The number of benzene rings is 3. The summed E-state index contributed by atoms with van der Waals surface area (Å²) < 4.78 is 43.8. The predicted molar refractivity (Wildman–Crippen MR) is 143 cm³/mol. The molecule has 10 nitrogen and oxygen atoms in total. The predicted octanol–water partition coefficient (Wildman–Crippen LogP) is 3.28. The Kier molecular flexibility index (Phi) is 9.19. The number of aryl methyl sites for hydroxylation is 1. The van der Waals surface area contributed by atoms with Gasteiger partial charge >= 0.3 is 6.03 Å². The lowest BCUT2D eigenvalue weighted by atomic mass is 10.0. The van der Waals surface area contributed by atoms with E-state index in [0.29, 0.717) is 28.5 Å². The van der Waals surface area contributed by atoms with Gasteiger partial charge in [-0.05, 0) is 24.1 Å². The van der Waals surface area contributed by atoms with Gasteiger partial charge in [0.1, 0.15) is 6.04 Å². The van der Waals surface area contributed by atoms with Crippen molar-refractivity contribution in [3.63, 3.8) is 0 Å². The van der Waals surface area contributed by atoms with E-state index in [-0.39, 0.29) is 11.3 Å². The van der Waals surface area contributed by atoms with E-state index in [9.17, 15) is 18.0 Å². The third-order valence-electron chi connectivity index (χ3n) is 5.86. The fraction of sp³-hybridized carbons (Fsp3) is 0.259. The minimum absolute atomic E-state index is 0.0318. The van der Waals surface area contributed by atoms with Gasteiger partial charge in [0.25, 0.3) is 10.0 Å². The molecule has 3 aromatic carbocycles. The zero-order valence-corrected chi connectivity index (χ0v) is 22.7. The molecule has 0 fully saturated rings. The molecule has 0 bridgehead atoms. The molecule has 0 aliphatic heterocycles. The molecule has 0 unspecified atom stereocenters. The van der Waals surface area contributed by atoms with Crippen LogP contribution in [0.25, 0.3) is 0 Å². The van der Waals surface area contributed by atoms with E-state index in [1.807, 2.05) is 35.1 Å². The summed E-state index contributed by atoms with van der Waals surface area (Å²) in [5.41, 5.74) is 1.66. The Morgan fingerprint density at radius 3 is 2.03 bits per heavy atom. The largest absolute Gasteiger partial charge is 0.493 e. The summed E-state index contributed by atoms with van der Waals surface area (Å²) in [4.78, 5) is 27.8. The number of rotatable bonds is 10. The first-order chi connectivity index (χ1) is 18.1. The zero-order valence-electron chi connectivity index (χ0n) is 21.8. The van der Waals surface area contributed by atoms with Crippen LogP contribution in [0, 0.1) is 6.92 Å². The van der Waals surface area contributed by atoms with E-state index in [0.717, 1.165) is 5.56 Å². The van der Waals surface area contributed by atoms with Crippen LogP contribution < -0.4 is 29.1 Å². The average Bonchev–Trinajstić information content (AvgIpc) is 2.91. The molecule has 38 heavy (non-hydrogen) atoms. The van der Waals surface area contributed by atoms with Gasteiger partial charge in [0.05, 0.1) is 31.9 Å². The number of ether oxygens (including phenoxy) is 3. The summed E-state index contributed by atoms with van der Waals surface area (Å²) in [6.45, 7) is 1.63. The highest BCUT2D eigenvalue weighted by molar-refractivity contribution is 7.90. The maximum absolute atomic E-state index is 13.6. The number of hydrogen-bond acceptors (Lipinski definition) is 7. The number of sulfonamides is 1. The average molecular weight is 542 g/mol. The summed E-state index contributed by atoms with van der Waals surface area (Å²) in [5.74, 6) is 0.554. The molecule has 3 amide bonds. The molecular weight excluding hydrogens is 510 g/mol. The van der Waals surface area contributed by atoms with Gasteiger partial charge in [-0.3, -0.25) is 4.79 Å². The van der Waals surface area contributed by atoms with Crippen molar-refractivity contribution in [2.45, 2.75) is 24.3 Å². The van der Waals surface area contributed by atoms with Crippen molar-refractivity contribution in [3.05, 3.63) is 77.9 Å². The topological polar surface area (TPSA) is 123 Å². The molecule has 3 aromatic rings. The first-order valence-electron chi connectivity index (χ1n) is 11.6. The lowest BCUT2D eigenvalue weighted by Gasteiger charge is -2.26. The quantitative estimate of drug-likeness (QED) is 0.404. The van der Waals surface area contributed by atoms with Crippen molar-refractivity contribution < 1.29 is 32.2 Å². The Labute approximate surface area is 222 Å². The minimum Gasteiger partial charge on any atom is -0.493 e. The summed E-state index contributed by atoms with van der Waals surface area (Å²) in [7, 11) is 1.76. The van der Waals surface area contributed by atoms with Gasteiger partial charge in [0.15, 0.2) is 11.5 Å². The normalized spacial score (nSPS) is 11.7. The molecule has 0 saturated carbocycles. The Bertz CT molecular complexity index is 1370. The first kappa shape index (κ1) is 28.3. The first-order valence-corrected chi connectivity index (χ1v) is 13.1. The fourth-order valence-electron chi connectivity index (χ4n) is 3.89. The van der Waals surface area contributed by atoms with Crippen molar-refractivity contribution in [1.82, 2.24) is 10.0 Å². The van der Waals surface area contributed by atoms with Crippen LogP contribution >= 0.6 is 0 Å². The Morgan fingerprint density at radius 1 is 0.895 bits per heavy atom. The van der Waals surface area contributed by atoms with Gasteiger partial charge in [0.2, 0.25) is 11.7 Å². The van der Waals surface area contributed by atoms with Gasteiger partial charge in [-0.1, -0.05) is 48.5 Å². The molecule has 202 valence electrons. The van der Waals surface area contributed by atoms with Crippen molar-refractivity contribution in [1.29, 1.82) is 0 Å². The van der Waals surface area contributed by atoms with Crippen molar-refractivity contribution in [3.8, 4) is 17.2 Å². The van der Waals surface area contributed by atoms with Crippen LogP contribution in [-0.2, 0) is 21.2 Å². The molecule has 0 radical (unpaired) electrons. The summed E-state index contributed by atoms with van der Waals surface area (Å²) in [5, 5.41) is 2.53. The number of nitrogens with zero attached hydrogens (tertiary/aromatic N) is 1. The third-order valence-corrected chi connectivity index (χ3v) is 7.35. The number of methoxy groups -OCH3 is 3. The highest BCUT2D eigenvalue weighted by Gasteiger charge is 2.29. The van der Waals surface area contributed by atoms with Crippen LogP contribution in [0.3, 0.4) is 0 Å². The number of carbonyl (C=O) groups excluding carboxylic acids is 2. The molecule has 1 atom stereocenters. The van der Waals surface area contributed by atoms with E-state index in [2.05, 4.69) is 5.32 Å². The van der Waals surface area contributed by atoms with E-state index >= 15 is 0 Å². The van der Waals surface area contributed by atoms with E-state index in [1.165, 1.54) is 39.3 Å².